The van der Waals surface area contributed by atoms with Crippen molar-refractivity contribution < 1.29 is 4.79 Å². The highest BCUT2D eigenvalue weighted by Crippen LogP contribution is 2.13. The van der Waals surface area contributed by atoms with Crippen LogP contribution in [0.2, 0.25) is 0 Å². The Labute approximate surface area is 150 Å². The number of benzene rings is 2. The maximum Gasteiger partial charge on any atom is 0.237 e. The number of hydrogen-bond donors (Lipinski definition) is 1. The molecule has 0 saturated heterocycles. The molecule has 130 valence electrons. The van der Waals surface area contributed by atoms with Crippen LogP contribution in [0, 0.1) is 11.3 Å². The number of nitrogens with zero attached hydrogens (tertiary/aromatic N) is 2. The van der Waals surface area contributed by atoms with Crippen LogP contribution < -0.4 is 5.32 Å². The summed E-state index contributed by atoms with van der Waals surface area (Å²) in [5.74, 6) is 0.289. The SMILES string of the molecule is CC(CNC(=O)C(C)N(C)Cc1cccc(C#N)c1)c1ccccc1. The van der Waals surface area contributed by atoms with Gasteiger partial charge in [0.15, 0.2) is 0 Å². The first kappa shape index (κ1) is 18.7. The third-order valence-corrected chi connectivity index (χ3v) is 4.48. The summed E-state index contributed by atoms with van der Waals surface area (Å²) in [4.78, 5) is 14.4. The average Bonchev–Trinajstić information content (AvgIpc) is 2.65. The first-order valence-electron chi connectivity index (χ1n) is 8.53. The van der Waals surface area contributed by atoms with E-state index in [9.17, 15) is 4.79 Å². The van der Waals surface area contributed by atoms with Crippen LogP contribution in [-0.4, -0.2) is 30.4 Å². The Morgan fingerprint density at radius 1 is 1.16 bits per heavy atom. The van der Waals surface area contributed by atoms with E-state index in [1.165, 1.54) is 5.56 Å². The third kappa shape index (κ3) is 5.44. The molecule has 0 spiro atoms. The summed E-state index contributed by atoms with van der Waals surface area (Å²) >= 11 is 0. The molecule has 0 fully saturated rings. The van der Waals surface area contributed by atoms with Crippen LogP contribution in [0.4, 0.5) is 0 Å². The Balaban J connectivity index is 1.87. The highest BCUT2D eigenvalue weighted by molar-refractivity contribution is 5.81. The minimum absolute atomic E-state index is 0.0155. The summed E-state index contributed by atoms with van der Waals surface area (Å²) in [6, 6.07) is 19.6. The lowest BCUT2D eigenvalue weighted by atomic mass is 10.0. The van der Waals surface area contributed by atoms with E-state index in [2.05, 4.69) is 30.4 Å². The summed E-state index contributed by atoms with van der Waals surface area (Å²) in [6.45, 7) is 5.25. The second-order valence-corrected chi connectivity index (χ2v) is 6.46. The number of hydrogen-bond acceptors (Lipinski definition) is 3. The molecule has 0 saturated carbocycles. The molecule has 0 aromatic heterocycles. The molecule has 0 aliphatic carbocycles. The number of carbonyl (C=O) groups excluding carboxylic acids is 1. The Hall–Kier alpha value is -2.64. The molecule has 0 aliphatic rings. The van der Waals surface area contributed by atoms with E-state index in [-0.39, 0.29) is 17.9 Å². The third-order valence-electron chi connectivity index (χ3n) is 4.48. The lowest BCUT2D eigenvalue weighted by Gasteiger charge is -2.24. The summed E-state index contributed by atoms with van der Waals surface area (Å²) in [5.41, 5.74) is 2.88. The van der Waals surface area contributed by atoms with Gasteiger partial charge in [-0.25, -0.2) is 0 Å². The topological polar surface area (TPSA) is 56.1 Å². The quantitative estimate of drug-likeness (QED) is 0.844. The molecule has 2 unspecified atom stereocenters. The van der Waals surface area contributed by atoms with Gasteiger partial charge in [-0.1, -0.05) is 49.4 Å². The number of amides is 1. The van der Waals surface area contributed by atoms with Crippen LogP contribution in [-0.2, 0) is 11.3 Å². The Kier molecular flexibility index (Phi) is 6.73. The van der Waals surface area contributed by atoms with Crippen molar-refractivity contribution in [2.75, 3.05) is 13.6 Å². The number of likely N-dealkylation sites (N-methyl/N-ethyl adjacent to an activating group) is 1. The maximum absolute atomic E-state index is 12.4. The van der Waals surface area contributed by atoms with Crippen molar-refractivity contribution in [3.63, 3.8) is 0 Å². The number of nitrogens with one attached hydrogen (secondary N) is 1. The molecule has 0 aliphatic heterocycles. The van der Waals surface area contributed by atoms with Gasteiger partial charge in [-0.3, -0.25) is 9.69 Å². The fourth-order valence-corrected chi connectivity index (χ4v) is 2.67. The summed E-state index contributed by atoms with van der Waals surface area (Å²) < 4.78 is 0. The van der Waals surface area contributed by atoms with Crippen molar-refractivity contribution >= 4 is 5.91 Å². The van der Waals surface area contributed by atoms with Gasteiger partial charge < -0.3 is 5.32 Å². The van der Waals surface area contributed by atoms with E-state index in [1.807, 2.05) is 55.3 Å². The molecule has 1 N–H and O–H groups in total. The van der Waals surface area contributed by atoms with E-state index in [0.717, 1.165) is 5.56 Å². The normalized spacial score (nSPS) is 13.1. The van der Waals surface area contributed by atoms with Crippen LogP contribution in [0.5, 0.6) is 0 Å². The van der Waals surface area contributed by atoms with Crippen molar-refractivity contribution in [3.05, 3.63) is 71.3 Å². The molecule has 0 heterocycles. The highest BCUT2D eigenvalue weighted by atomic mass is 16.2. The van der Waals surface area contributed by atoms with Gasteiger partial charge in [0.1, 0.15) is 0 Å². The van der Waals surface area contributed by atoms with E-state index in [1.54, 1.807) is 6.07 Å². The van der Waals surface area contributed by atoms with Gasteiger partial charge in [-0.2, -0.15) is 5.26 Å². The largest absolute Gasteiger partial charge is 0.354 e. The fourth-order valence-electron chi connectivity index (χ4n) is 2.67. The standard InChI is InChI=1S/C21H25N3O/c1-16(20-10-5-4-6-11-20)14-23-21(25)17(2)24(3)15-19-9-7-8-18(12-19)13-22/h4-12,16-17H,14-15H2,1-3H3,(H,23,25). The van der Waals surface area contributed by atoms with Crippen molar-refractivity contribution in [1.82, 2.24) is 10.2 Å². The lowest BCUT2D eigenvalue weighted by molar-refractivity contribution is -0.125. The van der Waals surface area contributed by atoms with Crippen molar-refractivity contribution in [1.29, 1.82) is 5.26 Å². The van der Waals surface area contributed by atoms with E-state index < -0.39 is 0 Å². The van der Waals surface area contributed by atoms with Crippen LogP contribution in [0.25, 0.3) is 0 Å². The molecule has 25 heavy (non-hydrogen) atoms. The van der Waals surface area contributed by atoms with Gasteiger partial charge in [0.2, 0.25) is 5.91 Å². The zero-order valence-corrected chi connectivity index (χ0v) is 15.1. The van der Waals surface area contributed by atoms with Crippen LogP contribution >= 0.6 is 0 Å². The van der Waals surface area contributed by atoms with Gasteiger partial charge in [-0.05, 0) is 43.1 Å². The first-order valence-corrected chi connectivity index (χ1v) is 8.53. The molecule has 2 atom stereocenters. The molecule has 4 nitrogen and oxygen atoms in total. The molecule has 2 aromatic rings. The van der Waals surface area contributed by atoms with Crippen LogP contribution in [0.3, 0.4) is 0 Å². The summed E-state index contributed by atoms with van der Waals surface area (Å²) in [6.07, 6.45) is 0. The predicted molar refractivity (Wildman–Crippen MR) is 100.0 cm³/mol. The second kappa shape index (κ2) is 9.00. The van der Waals surface area contributed by atoms with Crippen LogP contribution in [0.15, 0.2) is 54.6 Å². The zero-order chi connectivity index (χ0) is 18.2. The Morgan fingerprint density at radius 3 is 2.56 bits per heavy atom. The molecule has 2 rings (SSSR count). The zero-order valence-electron chi connectivity index (χ0n) is 15.1. The molecular formula is C21H25N3O. The average molecular weight is 335 g/mol. The smallest absolute Gasteiger partial charge is 0.237 e. The van der Waals surface area contributed by atoms with Crippen molar-refractivity contribution in [2.45, 2.75) is 32.4 Å². The number of carbonyl (C=O) groups is 1. The maximum atomic E-state index is 12.4. The lowest BCUT2D eigenvalue weighted by Crippen LogP contribution is -2.43. The highest BCUT2D eigenvalue weighted by Gasteiger charge is 2.18. The molecule has 0 bridgehead atoms. The minimum Gasteiger partial charge on any atom is -0.354 e. The van der Waals surface area contributed by atoms with Crippen LogP contribution in [0.1, 0.15) is 36.5 Å². The molecule has 1 amide bonds. The van der Waals surface area contributed by atoms with E-state index in [0.29, 0.717) is 18.7 Å². The molecule has 2 aromatic carbocycles. The van der Waals surface area contributed by atoms with Gasteiger partial charge in [-0.15, -0.1) is 0 Å². The second-order valence-electron chi connectivity index (χ2n) is 6.46. The molecular weight excluding hydrogens is 310 g/mol. The van der Waals surface area contributed by atoms with Crippen molar-refractivity contribution in [3.8, 4) is 6.07 Å². The first-order chi connectivity index (χ1) is 12.0. The number of rotatable bonds is 7. The Bertz CT molecular complexity index is 736. The monoisotopic (exact) mass is 335 g/mol. The van der Waals surface area contributed by atoms with Gasteiger partial charge >= 0.3 is 0 Å². The number of nitriles is 1. The summed E-state index contributed by atoms with van der Waals surface area (Å²) in [5, 5.41) is 12.0. The summed E-state index contributed by atoms with van der Waals surface area (Å²) in [7, 11) is 1.92. The van der Waals surface area contributed by atoms with E-state index in [4.69, 9.17) is 5.26 Å². The minimum atomic E-state index is -0.242. The fraction of sp³-hybridized carbons (Fsp3) is 0.333. The predicted octanol–water partition coefficient (Wildman–Crippen LogP) is 3.30. The van der Waals surface area contributed by atoms with Gasteiger partial charge in [0, 0.05) is 13.1 Å². The van der Waals surface area contributed by atoms with Gasteiger partial charge in [0.25, 0.3) is 0 Å². The van der Waals surface area contributed by atoms with Gasteiger partial charge in [0.05, 0.1) is 17.7 Å². The molecule has 0 radical (unpaired) electrons. The van der Waals surface area contributed by atoms with Crippen molar-refractivity contribution in [2.24, 2.45) is 0 Å². The molecule has 4 heteroatoms. The van der Waals surface area contributed by atoms with E-state index >= 15 is 0 Å². The Morgan fingerprint density at radius 2 is 1.88 bits per heavy atom.